The average Bonchev–Trinajstić information content (AvgIpc) is 3.38. The summed E-state index contributed by atoms with van der Waals surface area (Å²) in [4.78, 5) is 9.10. The quantitative estimate of drug-likeness (QED) is 0.589. The molecule has 1 aliphatic rings. The summed E-state index contributed by atoms with van der Waals surface area (Å²) in [6.45, 7) is 0. The number of benzene rings is 1. The van der Waals surface area contributed by atoms with Crippen LogP contribution in [0.25, 0.3) is 22.1 Å². The van der Waals surface area contributed by atoms with E-state index in [1.807, 2.05) is 6.33 Å². The Kier molecular flexibility index (Phi) is 3.60. The molecule has 1 saturated carbocycles. The number of hydrogen-bond donors (Lipinski definition) is 1. The smallest absolute Gasteiger partial charge is 0.269 e. The van der Waals surface area contributed by atoms with E-state index in [0.29, 0.717) is 5.65 Å². The molecule has 0 bridgehead atoms. The van der Waals surface area contributed by atoms with Crippen LogP contribution >= 0.6 is 0 Å². The third-order valence-corrected chi connectivity index (χ3v) is 7.03. The first-order valence-corrected chi connectivity index (χ1v) is 10.4. The van der Waals surface area contributed by atoms with Crippen LogP contribution in [0.15, 0.2) is 60.0 Å². The Morgan fingerprint density at radius 1 is 1.07 bits per heavy atom. The van der Waals surface area contributed by atoms with Gasteiger partial charge in [-0.05, 0) is 37.5 Å². The Balaban J connectivity index is 1.72. The van der Waals surface area contributed by atoms with Gasteiger partial charge in [0.15, 0.2) is 5.65 Å². The Morgan fingerprint density at radius 2 is 1.89 bits per heavy atom. The molecule has 1 aliphatic carbocycles. The van der Waals surface area contributed by atoms with E-state index in [1.165, 1.54) is 3.97 Å². The molecule has 1 fully saturated rings. The van der Waals surface area contributed by atoms with Gasteiger partial charge >= 0.3 is 0 Å². The molecule has 7 nitrogen and oxygen atoms in total. The van der Waals surface area contributed by atoms with Crippen LogP contribution in [0.2, 0.25) is 0 Å². The van der Waals surface area contributed by atoms with Gasteiger partial charge in [0, 0.05) is 23.7 Å². The van der Waals surface area contributed by atoms with E-state index in [4.69, 9.17) is 5.73 Å². The largest absolute Gasteiger partial charge is 0.328 e. The summed E-state index contributed by atoms with van der Waals surface area (Å²) in [6, 6.07) is 10.7. The molecule has 0 aliphatic heterocycles. The first kappa shape index (κ1) is 16.5. The Bertz CT molecular complexity index is 1240. The van der Waals surface area contributed by atoms with Crippen LogP contribution < -0.4 is 5.73 Å². The molecule has 1 aromatic carbocycles. The van der Waals surface area contributed by atoms with Crippen molar-refractivity contribution in [3.05, 3.63) is 55.1 Å². The highest BCUT2D eigenvalue weighted by Crippen LogP contribution is 2.34. The zero-order valence-corrected chi connectivity index (χ0v) is 15.4. The molecule has 4 aromatic rings. The zero-order valence-electron chi connectivity index (χ0n) is 14.6. The highest BCUT2D eigenvalue weighted by molar-refractivity contribution is 7.90. The van der Waals surface area contributed by atoms with E-state index in [2.05, 4.69) is 14.5 Å². The van der Waals surface area contributed by atoms with Crippen LogP contribution in [-0.2, 0) is 10.0 Å². The fourth-order valence-electron chi connectivity index (χ4n) is 4.01. The Morgan fingerprint density at radius 3 is 2.63 bits per heavy atom. The van der Waals surface area contributed by atoms with Gasteiger partial charge in [0.2, 0.25) is 0 Å². The Labute approximate surface area is 156 Å². The van der Waals surface area contributed by atoms with Crippen molar-refractivity contribution < 1.29 is 8.42 Å². The van der Waals surface area contributed by atoms with Crippen LogP contribution in [0.4, 0.5) is 0 Å². The lowest BCUT2D eigenvalue weighted by atomic mass is 10.2. The fourth-order valence-corrected chi connectivity index (χ4v) is 5.33. The fraction of sp³-hybridized carbons (Fsp3) is 0.263. The summed E-state index contributed by atoms with van der Waals surface area (Å²) in [5, 5.41) is 0.782. The number of aromatic nitrogens is 4. The van der Waals surface area contributed by atoms with Gasteiger partial charge < -0.3 is 10.3 Å². The van der Waals surface area contributed by atoms with E-state index in [0.717, 1.165) is 35.7 Å². The molecule has 3 heterocycles. The molecule has 27 heavy (non-hydrogen) atoms. The van der Waals surface area contributed by atoms with E-state index < -0.39 is 10.0 Å². The summed E-state index contributed by atoms with van der Waals surface area (Å²) in [5.41, 5.74) is 8.18. The molecule has 8 heteroatoms. The van der Waals surface area contributed by atoms with E-state index >= 15 is 0 Å². The van der Waals surface area contributed by atoms with Gasteiger partial charge in [0.05, 0.1) is 22.9 Å². The second-order valence-corrected chi connectivity index (χ2v) is 8.85. The lowest BCUT2D eigenvalue weighted by Crippen LogP contribution is -2.15. The van der Waals surface area contributed by atoms with Gasteiger partial charge in [0.25, 0.3) is 10.0 Å². The standard InChI is InChI=1S/C19H19N5O2S/c20-13-6-7-14(10-13)23-12-22-17-11-21-19-16(18(17)23)8-9-24(19)27(25,26)15-4-2-1-3-5-15/h1-5,8-9,11-14H,6-7,10,20H2/t13-,14-/m0/s1. The maximum absolute atomic E-state index is 13.1. The second kappa shape index (κ2) is 5.90. The van der Waals surface area contributed by atoms with E-state index in [-0.39, 0.29) is 17.0 Å². The minimum absolute atomic E-state index is 0.202. The topological polar surface area (TPSA) is 95.8 Å². The normalized spacial score (nSPS) is 20.6. The number of hydrogen-bond acceptors (Lipinski definition) is 5. The van der Waals surface area contributed by atoms with Gasteiger partial charge in [-0.25, -0.2) is 22.4 Å². The minimum atomic E-state index is -3.71. The maximum atomic E-state index is 13.1. The molecule has 0 unspecified atom stereocenters. The molecule has 0 radical (unpaired) electrons. The summed E-state index contributed by atoms with van der Waals surface area (Å²) in [6.07, 6.45) is 7.91. The molecular weight excluding hydrogens is 362 g/mol. The third kappa shape index (κ3) is 2.48. The molecule has 2 N–H and O–H groups in total. The molecule has 0 amide bonds. The van der Waals surface area contributed by atoms with Crippen molar-refractivity contribution in [2.24, 2.45) is 5.73 Å². The number of pyridine rings is 1. The van der Waals surface area contributed by atoms with Crippen molar-refractivity contribution >= 4 is 32.1 Å². The zero-order chi connectivity index (χ0) is 18.6. The predicted molar refractivity (Wildman–Crippen MR) is 103 cm³/mol. The van der Waals surface area contributed by atoms with E-state index in [1.54, 1.807) is 48.8 Å². The van der Waals surface area contributed by atoms with Crippen LogP contribution in [0.3, 0.4) is 0 Å². The first-order chi connectivity index (χ1) is 13.1. The number of imidazole rings is 1. The predicted octanol–water partition coefficient (Wildman–Crippen LogP) is 2.68. The van der Waals surface area contributed by atoms with E-state index in [9.17, 15) is 8.42 Å². The highest BCUT2D eigenvalue weighted by atomic mass is 32.2. The van der Waals surface area contributed by atoms with Crippen LogP contribution in [0.1, 0.15) is 25.3 Å². The molecular formula is C19H19N5O2S. The third-order valence-electron chi connectivity index (χ3n) is 5.35. The minimum Gasteiger partial charge on any atom is -0.328 e. The number of rotatable bonds is 3. The van der Waals surface area contributed by atoms with Crippen LogP contribution in [0, 0.1) is 0 Å². The Hall–Kier alpha value is -2.71. The van der Waals surface area contributed by atoms with Crippen LogP contribution in [-0.4, -0.2) is 33.0 Å². The molecule has 3 aromatic heterocycles. The number of fused-ring (bicyclic) bond motifs is 3. The molecule has 2 atom stereocenters. The molecule has 5 rings (SSSR count). The molecule has 0 saturated heterocycles. The first-order valence-electron chi connectivity index (χ1n) is 8.94. The molecule has 138 valence electrons. The maximum Gasteiger partial charge on any atom is 0.269 e. The van der Waals surface area contributed by atoms with Crippen molar-refractivity contribution in [2.75, 3.05) is 0 Å². The summed E-state index contributed by atoms with van der Waals surface area (Å²) in [5.74, 6) is 0. The average molecular weight is 381 g/mol. The monoisotopic (exact) mass is 381 g/mol. The molecule has 0 spiro atoms. The summed E-state index contributed by atoms with van der Waals surface area (Å²) >= 11 is 0. The number of nitrogens with zero attached hydrogens (tertiary/aromatic N) is 4. The lowest BCUT2D eigenvalue weighted by Gasteiger charge is -2.13. The lowest BCUT2D eigenvalue weighted by molar-refractivity contribution is 0.523. The van der Waals surface area contributed by atoms with Gasteiger partial charge in [-0.2, -0.15) is 0 Å². The van der Waals surface area contributed by atoms with Crippen molar-refractivity contribution in [1.29, 1.82) is 0 Å². The highest BCUT2D eigenvalue weighted by Gasteiger charge is 2.26. The van der Waals surface area contributed by atoms with Gasteiger partial charge in [-0.1, -0.05) is 18.2 Å². The van der Waals surface area contributed by atoms with Gasteiger partial charge in [-0.3, -0.25) is 0 Å². The van der Waals surface area contributed by atoms with Crippen molar-refractivity contribution in [1.82, 2.24) is 18.5 Å². The van der Waals surface area contributed by atoms with Crippen LogP contribution in [0.5, 0.6) is 0 Å². The van der Waals surface area contributed by atoms with Crippen molar-refractivity contribution in [3.63, 3.8) is 0 Å². The summed E-state index contributed by atoms with van der Waals surface area (Å²) < 4.78 is 29.5. The van der Waals surface area contributed by atoms with Crippen molar-refractivity contribution in [3.8, 4) is 0 Å². The van der Waals surface area contributed by atoms with Gasteiger partial charge in [0.1, 0.15) is 5.52 Å². The SMILES string of the molecule is N[C@H]1CC[C@H](n2cnc3cnc4c(ccn4S(=O)(=O)c4ccccc4)c32)C1. The second-order valence-electron chi connectivity index (χ2n) is 7.04. The van der Waals surface area contributed by atoms with Crippen molar-refractivity contribution in [2.45, 2.75) is 36.2 Å². The summed E-state index contributed by atoms with van der Waals surface area (Å²) in [7, 11) is -3.71. The van der Waals surface area contributed by atoms with Gasteiger partial charge in [-0.15, -0.1) is 0 Å². The number of nitrogens with two attached hydrogens (primary N) is 1.